The van der Waals surface area contributed by atoms with Gasteiger partial charge >= 0.3 is 0 Å². The Morgan fingerprint density at radius 1 is 1.21 bits per heavy atom. The lowest BCUT2D eigenvalue weighted by molar-refractivity contribution is 0.316. The van der Waals surface area contributed by atoms with Gasteiger partial charge < -0.3 is 4.52 Å². The molecule has 0 bridgehead atoms. The standard InChI is InChI=1S/C12H21NO/c1-7-12(5,6)9-8-10(14-13-9)11(2,3)4/h8H,7H2,1-6H3. The summed E-state index contributed by atoms with van der Waals surface area (Å²) in [6, 6.07) is 2.09. The quantitative estimate of drug-likeness (QED) is 0.719. The molecule has 0 aliphatic carbocycles. The fourth-order valence-electron chi connectivity index (χ4n) is 1.13. The van der Waals surface area contributed by atoms with Crippen LogP contribution in [0.5, 0.6) is 0 Å². The SMILES string of the molecule is CCC(C)(C)c1cc(C(C)(C)C)on1. The maximum absolute atomic E-state index is 5.37. The van der Waals surface area contributed by atoms with Crippen molar-refractivity contribution in [3.63, 3.8) is 0 Å². The molecule has 80 valence electrons. The minimum absolute atomic E-state index is 0.0507. The minimum Gasteiger partial charge on any atom is -0.361 e. The number of aromatic nitrogens is 1. The van der Waals surface area contributed by atoms with Crippen LogP contribution in [0.25, 0.3) is 0 Å². The predicted molar refractivity (Wildman–Crippen MR) is 58.5 cm³/mol. The lowest BCUT2D eigenvalue weighted by Crippen LogP contribution is -2.16. The first-order valence-corrected chi connectivity index (χ1v) is 5.25. The van der Waals surface area contributed by atoms with Crippen LogP contribution in [0.4, 0.5) is 0 Å². The molecule has 0 unspecified atom stereocenters. The fraction of sp³-hybridized carbons (Fsp3) is 0.750. The van der Waals surface area contributed by atoms with Gasteiger partial charge in [-0.25, -0.2) is 0 Å². The molecule has 2 nitrogen and oxygen atoms in total. The molecule has 1 rings (SSSR count). The normalized spacial score (nSPS) is 13.3. The molecule has 0 fully saturated rings. The van der Waals surface area contributed by atoms with Gasteiger partial charge in [0.2, 0.25) is 0 Å². The topological polar surface area (TPSA) is 26.0 Å². The van der Waals surface area contributed by atoms with Crippen molar-refractivity contribution >= 4 is 0 Å². The first kappa shape index (κ1) is 11.3. The van der Waals surface area contributed by atoms with Crippen LogP contribution < -0.4 is 0 Å². The second kappa shape index (κ2) is 3.41. The number of nitrogens with zero attached hydrogens (tertiary/aromatic N) is 1. The molecule has 1 aromatic rings. The van der Waals surface area contributed by atoms with E-state index >= 15 is 0 Å². The van der Waals surface area contributed by atoms with Crippen LogP contribution in [-0.4, -0.2) is 5.16 Å². The van der Waals surface area contributed by atoms with Crippen LogP contribution >= 0.6 is 0 Å². The number of hydrogen-bond acceptors (Lipinski definition) is 2. The molecule has 0 saturated carbocycles. The van der Waals surface area contributed by atoms with E-state index in [1.807, 2.05) is 0 Å². The van der Waals surface area contributed by atoms with Crippen molar-refractivity contribution in [3.8, 4) is 0 Å². The van der Waals surface area contributed by atoms with Crippen molar-refractivity contribution in [1.82, 2.24) is 5.16 Å². The van der Waals surface area contributed by atoms with Gasteiger partial charge in [0.15, 0.2) is 0 Å². The van der Waals surface area contributed by atoms with Gasteiger partial charge in [0.05, 0.1) is 5.69 Å². The van der Waals surface area contributed by atoms with E-state index < -0.39 is 0 Å². The summed E-state index contributed by atoms with van der Waals surface area (Å²) in [5, 5.41) is 4.15. The second-order valence-corrected chi connectivity index (χ2v) is 5.56. The Morgan fingerprint density at radius 2 is 1.79 bits per heavy atom. The number of hydrogen-bond donors (Lipinski definition) is 0. The molecular weight excluding hydrogens is 174 g/mol. The van der Waals surface area contributed by atoms with Gasteiger partial charge in [-0.3, -0.25) is 0 Å². The average Bonchev–Trinajstić information content (AvgIpc) is 2.51. The molecule has 1 heterocycles. The Kier molecular flexibility index (Phi) is 2.75. The van der Waals surface area contributed by atoms with Crippen LogP contribution in [0.15, 0.2) is 10.6 Å². The van der Waals surface area contributed by atoms with Gasteiger partial charge in [-0.05, 0) is 6.42 Å². The van der Waals surface area contributed by atoms with E-state index in [1.165, 1.54) is 0 Å². The predicted octanol–water partition coefficient (Wildman–Crippen LogP) is 3.66. The van der Waals surface area contributed by atoms with E-state index in [0.717, 1.165) is 17.9 Å². The van der Waals surface area contributed by atoms with Gasteiger partial charge in [0, 0.05) is 16.9 Å². The fourth-order valence-corrected chi connectivity index (χ4v) is 1.13. The largest absolute Gasteiger partial charge is 0.361 e. The molecule has 0 N–H and O–H groups in total. The van der Waals surface area contributed by atoms with Crippen molar-refractivity contribution in [1.29, 1.82) is 0 Å². The van der Waals surface area contributed by atoms with Gasteiger partial charge in [0.1, 0.15) is 5.76 Å². The molecule has 14 heavy (non-hydrogen) atoms. The van der Waals surface area contributed by atoms with Crippen LogP contribution in [0, 0.1) is 0 Å². The third-order valence-electron chi connectivity index (χ3n) is 2.83. The zero-order chi connectivity index (χ0) is 11.0. The van der Waals surface area contributed by atoms with E-state index in [2.05, 4.69) is 52.8 Å². The molecule has 0 aromatic carbocycles. The maximum Gasteiger partial charge on any atom is 0.142 e. The molecule has 0 radical (unpaired) electrons. The van der Waals surface area contributed by atoms with Crippen molar-refractivity contribution in [2.24, 2.45) is 0 Å². The van der Waals surface area contributed by atoms with Crippen LogP contribution in [0.1, 0.15) is 59.4 Å². The van der Waals surface area contributed by atoms with Crippen molar-refractivity contribution in [2.75, 3.05) is 0 Å². The Labute approximate surface area is 86.7 Å². The Morgan fingerprint density at radius 3 is 2.14 bits per heavy atom. The zero-order valence-corrected chi connectivity index (χ0v) is 10.1. The lowest BCUT2D eigenvalue weighted by Gasteiger charge is -2.18. The highest BCUT2D eigenvalue weighted by molar-refractivity contribution is 5.19. The average molecular weight is 195 g/mol. The summed E-state index contributed by atoms with van der Waals surface area (Å²) in [4.78, 5) is 0. The highest BCUT2D eigenvalue weighted by Gasteiger charge is 2.26. The molecule has 0 amide bonds. The second-order valence-electron chi connectivity index (χ2n) is 5.56. The summed E-state index contributed by atoms with van der Waals surface area (Å²) >= 11 is 0. The highest BCUT2D eigenvalue weighted by atomic mass is 16.5. The van der Waals surface area contributed by atoms with Gasteiger partial charge in [0.25, 0.3) is 0 Å². The molecule has 2 heteroatoms. The molecule has 1 aromatic heterocycles. The van der Waals surface area contributed by atoms with E-state index in [-0.39, 0.29) is 10.8 Å². The van der Waals surface area contributed by atoms with Gasteiger partial charge in [-0.15, -0.1) is 0 Å². The molecular formula is C12H21NO. The summed E-state index contributed by atoms with van der Waals surface area (Å²) in [5.74, 6) is 0.967. The molecule has 0 aliphatic rings. The summed E-state index contributed by atoms with van der Waals surface area (Å²) < 4.78 is 5.37. The van der Waals surface area contributed by atoms with E-state index in [4.69, 9.17) is 4.52 Å². The third kappa shape index (κ3) is 2.17. The van der Waals surface area contributed by atoms with Gasteiger partial charge in [-0.2, -0.15) is 0 Å². The van der Waals surface area contributed by atoms with E-state index in [1.54, 1.807) is 0 Å². The van der Waals surface area contributed by atoms with E-state index in [0.29, 0.717) is 0 Å². The molecule has 0 atom stereocenters. The summed E-state index contributed by atoms with van der Waals surface area (Å²) in [7, 11) is 0. The van der Waals surface area contributed by atoms with Crippen LogP contribution in [0.3, 0.4) is 0 Å². The van der Waals surface area contributed by atoms with Crippen LogP contribution in [0.2, 0.25) is 0 Å². The minimum atomic E-state index is 0.0507. The first-order valence-electron chi connectivity index (χ1n) is 5.25. The smallest absolute Gasteiger partial charge is 0.142 e. The molecule has 0 saturated heterocycles. The Hall–Kier alpha value is -0.790. The molecule has 0 aliphatic heterocycles. The van der Waals surface area contributed by atoms with Gasteiger partial charge in [-0.1, -0.05) is 46.7 Å². The van der Waals surface area contributed by atoms with Crippen molar-refractivity contribution in [2.45, 2.75) is 58.8 Å². The third-order valence-corrected chi connectivity index (χ3v) is 2.83. The lowest BCUT2D eigenvalue weighted by atomic mass is 9.85. The zero-order valence-electron chi connectivity index (χ0n) is 10.1. The van der Waals surface area contributed by atoms with Crippen LogP contribution in [-0.2, 0) is 10.8 Å². The Bertz CT molecular complexity index is 304. The highest BCUT2D eigenvalue weighted by Crippen LogP contribution is 2.30. The monoisotopic (exact) mass is 195 g/mol. The van der Waals surface area contributed by atoms with Crippen molar-refractivity contribution in [3.05, 3.63) is 17.5 Å². The van der Waals surface area contributed by atoms with E-state index in [9.17, 15) is 0 Å². The molecule has 0 spiro atoms. The first-order chi connectivity index (χ1) is 6.27. The van der Waals surface area contributed by atoms with Crippen molar-refractivity contribution < 1.29 is 4.52 Å². The summed E-state index contributed by atoms with van der Waals surface area (Å²) in [5.41, 5.74) is 1.23. The Balaban J connectivity index is 3.00. The maximum atomic E-state index is 5.37. The summed E-state index contributed by atoms with van der Waals surface area (Å²) in [6.07, 6.45) is 1.07. The number of rotatable bonds is 2. The summed E-state index contributed by atoms with van der Waals surface area (Å²) in [6.45, 7) is 13.0.